The summed E-state index contributed by atoms with van der Waals surface area (Å²) >= 11 is 8.08. The van der Waals surface area contributed by atoms with E-state index in [1.54, 1.807) is 22.3 Å². The van der Waals surface area contributed by atoms with Crippen LogP contribution in [0, 0.1) is 19.8 Å². The molecule has 0 aliphatic carbocycles. The topological polar surface area (TPSA) is 79.0 Å². The van der Waals surface area contributed by atoms with Gasteiger partial charge in [0.05, 0.1) is 17.6 Å². The molecule has 2 heterocycles. The molecule has 2 aromatic rings. The van der Waals surface area contributed by atoms with Crippen LogP contribution in [0.5, 0.6) is 5.75 Å². The monoisotopic (exact) mass is 617 g/mol. The molecule has 0 bridgehead atoms. The Morgan fingerprint density at radius 1 is 1.05 bits per heavy atom. The number of ether oxygens (including phenoxy) is 1. The maximum Gasteiger partial charge on any atom is 0.415 e. The second kappa shape index (κ2) is 16.4. The van der Waals surface area contributed by atoms with Crippen LogP contribution in [0.4, 0.5) is 4.79 Å². The number of benzene rings is 1. The van der Waals surface area contributed by atoms with Crippen molar-refractivity contribution in [2.24, 2.45) is 5.92 Å². The average Bonchev–Trinajstić information content (AvgIpc) is 3.48. The van der Waals surface area contributed by atoms with Crippen molar-refractivity contribution in [3.05, 3.63) is 50.7 Å². The Balaban J connectivity index is 1.75. The highest BCUT2D eigenvalue weighted by molar-refractivity contribution is 7.09. The van der Waals surface area contributed by atoms with Crippen LogP contribution in [0.2, 0.25) is 5.02 Å². The smallest absolute Gasteiger partial charge is 0.409 e. The zero-order valence-electron chi connectivity index (χ0n) is 26.1. The van der Waals surface area contributed by atoms with Crippen molar-refractivity contribution in [1.29, 1.82) is 0 Å². The molecule has 1 N–H and O–H groups in total. The van der Waals surface area contributed by atoms with Gasteiger partial charge in [-0.3, -0.25) is 9.59 Å². The van der Waals surface area contributed by atoms with Gasteiger partial charge in [0, 0.05) is 30.4 Å². The van der Waals surface area contributed by atoms with Gasteiger partial charge in [-0.05, 0) is 61.2 Å². The van der Waals surface area contributed by atoms with Crippen LogP contribution >= 0.6 is 22.9 Å². The number of carbonyl (C=O) groups is 3. The molecule has 0 saturated carbocycles. The first-order valence-electron chi connectivity index (χ1n) is 15.3. The van der Waals surface area contributed by atoms with E-state index in [1.165, 1.54) is 11.3 Å². The van der Waals surface area contributed by atoms with E-state index in [-0.39, 0.29) is 43.4 Å². The molecule has 3 rings (SSSR count). The fourth-order valence-corrected chi connectivity index (χ4v) is 6.27. The molecule has 1 aromatic heterocycles. The number of piperazine rings is 1. The number of unbranched alkanes of at least 4 members (excludes halogenated alkanes) is 2. The van der Waals surface area contributed by atoms with Gasteiger partial charge in [0.1, 0.15) is 6.04 Å². The van der Waals surface area contributed by atoms with E-state index in [0.717, 1.165) is 41.7 Å². The number of amides is 2. The van der Waals surface area contributed by atoms with Gasteiger partial charge in [0.2, 0.25) is 5.91 Å². The molecule has 7 nitrogen and oxygen atoms in total. The standard InChI is InChI=1S/C33H48ClN3O4S/c1-22(2)11-8-7-9-13-27(35-23(3)4)32(39)37-19-18-36(21-28(37)29(38)16-15-26-12-10-20-42-26)33(40)41-30-17-14-24(5)25(6)31(30)34/h10,12,14,17,20,22-23,27-28,35H,7-9,11,13,15-16,18-19,21H2,1-6H3/t27-,28+/m1/s1. The summed E-state index contributed by atoms with van der Waals surface area (Å²) in [5, 5.41) is 5.85. The Morgan fingerprint density at radius 2 is 1.79 bits per heavy atom. The number of hydrogen-bond donors (Lipinski definition) is 1. The molecule has 1 aliphatic rings. The second-order valence-electron chi connectivity index (χ2n) is 12.1. The van der Waals surface area contributed by atoms with Gasteiger partial charge in [-0.25, -0.2) is 4.79 Å². The molecule has 0 unspecified atom stereocenters. The molecule has 1 saturated heterocycles. The molecule has 1 aromatic carbocycles. The third-order valence-corrected chi connectivity index (χ3v) is 9.32. The van der Waals surface area contributed by atoms with E-state index in [4.69, 9.17) is 16.3 Å². The predicted octanol–water partition coefficient (Wildman–Crippen LogP) is 7.20. The van der Waals surface area contributed by atoms with Gasteiger partial charge >= 0.3 is 6.09 Å². The van der Waals surface area contributed by atoms with Gasteiger partial charge < -0.3 is 19.9 Å². The first-order valence-corrected chi connectivity index (χ1v) is 16.6. The molecular formula is C33H48ClN3O4S. The quantitative estimate of drug-likeness (QED) is 0.227. The molecule has 2 atom stereocenters. The number of aryl methyl sites for hydroxylation is 2. The first-order chi connectivity index (χ1) is 20.0. The third-order valence-electron chi connectivity index (χ3n) is 7.92. The summed E-state index contributed by atoms with van der Waals surface area (Å²) in [6.45, 7) is 13.0. The van der Waals surface area contributed by atoms with Crippen molar-refractivity contribution in [1.82, 2.24) is 15.1 Å². The fourth-order valence-electron chi connectivity index (χ4n) is 5.31. The molecule has 232 valence electrons. The highest BCUT2D eigenvalue weighted by Gasteiger charge is 2.39. The van der Waals surface area contributed by atoms with E-state index in [2.05, 4.69) is 19.2 Å². The first kappa shape index (κ1) is 34.1. The van der Waals surface area contributed by atoms with Gasteiger partial charge in [0.15, 0.2) is 11.5 Å². The Kier molecular flexibility index (Phi) is 13.3. The summed E-state index contributed by atoms with van der Waals surface area (Å²) in [7, 11) is 0. The lowest BCUT2D eigenvalue weighted by atomic mass is 9.98. The van der Waals surface area contributed by atoms with Crippen molar-refractivity contribution >= 4 is 40.7 Å². The highest BCUT2D eigenvalue weighted by Crippen LogP contribution is 2.31. The number of Topliss-reactive ketones (excluding diaryl/α,β-unsaturated/α-hetero) is 1. The van der Waals surface area contributed by atoms with E-state index in [1.807, 2.05) is 51.3 Å². The van der Waals surface area contributed by atoms with Crippen molar-refractivity contribution in [3.8, 4) is 5.75 Å². The maximum absolute atomic E-state index is 14.0. The van der Waals surface area contributed by atoms with E-state index in [9.17, 15) is 14.4 Å². The van der Waals surface area contributed by atoms with E-state index < -0.39 is 12.1 Å². The number of carbonyl (C=O) groups excluding carboxylic acids is 3. The van der Waals surface area contributed by atoms with Crippen LogP contribution in [0.3, 0.4) is 0 Å². The minimum atomic E-state index is -0.730. The molecule has 1 aliphatic heterocycles. The Morgan fingerprint density at radius 3 is 2.45 bits per heavy atom. The lowest BCUT2D eigenvalue weighted by Gasteiger charge is -2.41. The van der Waals surface area contributed by atoms with Crippen molar-refractivity contribution in [3.63, 3.8) is 0 Å². The van der Waals surface area contributed by atoms with Crippen LogP contribution < -0.4 is 10.1 Å². The van der Waals surface area contributed by atoms with Crippen LogP contribution in [-0.2, 0) is 16.0 Å². The van der Waals surface area contributed by atoms with Crippen molar-refractivity contribution in [2.45, 2.75) is 105 Å². The summed E-state index contributed by atoms with van der Waals surface area (Å²) in [6, 6.07) is 6.57. The largest absolute Gasteiger partial charge is 0.415 e. The normalized spacial score (nSPS) is 16.3. The molecular weight excluding hydrogens is 570 g/mol. The Bertz CT molecular complexity index is 1180. The Labute approximate surface area is 260 Å². The Hall–Kier alpha value is -2.42. The van der Waals surface area contributed by atoms with Gasteiger partial charge in [-0.15, -0.1) is 11.3 Å². The molecule has 0 spiro atoms. The van der Waals surface area contributed by atoms with Gasteiger partial charge in [-0.1, -0.05) is 77.1 Å². The zero-order chi connectivity index (χ0) is 30.8. The SMILES string of the molecule is Cc1ccc(OC(=O)N2CCN(C(=O)[C@@H](CCCCCC(C)C)NC(C)C)[C@H](C(=O)CCc3cccs3)C2)c(Cl)c1C. The number of halogens is 1. The minimum Gasteiger partial charge on any atom is -0.409 e. The fraction of sp³-hybridized carbons (Fsp3) is 0.606. The molecule has 42 heavy (non-hydrogen) atoms. The van der Waals surface area contributed by atoms with Crippen LogP contribution in [0.25, 0.3) is 0 Å². The van der Waals surface area contributed by atoms with E-state index in [0.29, 0.717) is 29.5 Å². The number of thiophene rings is 1. The van der Waals surface area contributed by atoms with Crippen LogP contribution in [0.15, 0.2) is 29.6 Å². The second-order valence-corrected chi connectivity index (χ2v) is 13.5. The summed E-state index contributed by atoms with van der Waals surface area (Å²) in [5.41, 5.74) is 1.86. The summed E-state index contributed by atoms with van der Waals surface area (Å²) in [4.78, 5) is 45.3. The summed E-state index contributed by atoms with van der Waals surface area (Å²) in [6.07, 6.45) is 5.43. The van der Waals surface area contributed by atoms with Crippen LogP contribution in [-0.4, -0.2) is 65.3 Å². The lowest BCUT2D eigenvalue weighted by Crippen LogP contribution is -2.63. The predicted molar refractivity (Wildman–Crippen MR) is 172 cm³/mol. The lowest BCUT2D eigenvalue weighted by molar-refractivity contribution is -0.144. The minimum absolute atomic E-state index is 0.0429. The molecule has 0 radical (unpaired) electrons. The number of ketones is 1. The van der Waals surface area contributed by atoms with Gasteiger partial charge in [-0.2, -0.15) is 0 Å². The molecule has 2 amide bonds. The molecule has 9 heteroatoms. The van der Waals surface area contributed by atoms with Crippen molar-refractivity contribution in [2.75, 3.05) is 19.6 Å². The summed E-state index contributed by atoms with van der Waals surface area (Å²) in [5.74, 6) is 0.861. The van der Waals surface area contributed by atoms with E-state index >= 15 is 0 Å². The maximum atomic E-state index is 14.0. The summed E-state index contributed by atoms with van der Waals surface area (Å²) < 4.78 is 5.69. The highest BCUT2D eigenvalue weighted by atomic mass is 35.5. The third kappa shape index (κ3) is 9.81. The number of nitrogens with zero attached hydrogens (tertiary/aromatic N) is 2. The average molecular weight is 618 g/mol. The molecule has 1 fully saturated rings. The van der Waals surface area contributed by atoms with Crippen molar-refractivity contribution < 1.29 is 19.1 Å². The van der Waals surface area contributed by atoms with Gasteiger partial charge in [0.25, 0.3) is 0 Å². The number of hydrogen-bond acceptors (Lipinski definition) is 6. The zero-order valence-corrected chi connectivity index (χ0v) is 27.7. The van der Waals surface area contributed by atoms with Crippen LogP contribution in [0.1, 0.15) is 82.2 Å². The number of rotatable bonds is 14. The number of nitrogens with one attached hydrogen (secondary N) is 1.